The SMILES string of the molecule is Br.[CH-]1OCCO1.[CH2-]CC.[Mg+2]. The van der Waals surface area contributed by atoms with E-state index >= 15 is 0 Å². The van der Waals surface area contributed by atoms with Crippen molar-refractivity contribution in [3.05, 3.63) is 13.7 Å². The average molecular weight is 221 g/mol. The molecule has 1 rings (SSSR count). The van der Waals surface area contributed by atoms with Gasteiger partial charge in [-0.05, 0) is 0 Å². The third-order valence-corrected chi connectivity index (χ3v) is 0.455. The van der Waals surface area contributed by atoms with Gasteiger partial charge < -0.3 is 16.4 Å². The molecule has 0 spiro atoms. The summed E-state index contributed by atoms with van der Waals surface area (Å²) >= 11 is 0. The van der Waals surface area contributed by atoms with Crippen LogP contribution in [0.4, 0.5) is 0 Å². The minimum absolute atomic E-state index is 0. The number of hydrogen-bond donors (Lipinski definition) is 0. The molecule has 0 bridgehead atoms. The topological polar surface area (TPSA) is 18.5 Å². The second-order valence-corrected chi connectivity index (χ2v) is 1.34. The molecular weight excluding hydrogens is 208 g/mol. The molecular formula is C6H13BrMgO2. The molecule has 0 radical (unpaired) electrons. The number of halogens is 1. The van der Waals surface area contributed by atoms with Crippen molar-refractivity contribution in [2.24, 2.45) is 0 Å². The molecule has 0 aromatic carbocycles. The summed E-state index contributed by atoms with van der Waals surface area (Å²) < 4.78 is 9.19. The molecule has 0 N–H and O–H groups in total. The molecule has 0 saturated carbocycles. The van der Waals surface area contributed by atoms with Gasteiger partial charge in [-0.1, -0.05) is 13.7 Å². The molecule has 58 valence electrons. The van der Waals surface area contributed by atoms with Crippen LogP contribution < -0.4 is 0 Å². The van der Waals surface area contributed by atoms with Crippen molar-refractivity contribution in [3.8, 4) is 0 Å². The summed E-state index contributed by atoms with van der Waals surface area (Å²) in [5.74, 6) is 0. The van der Waals surface area contributed by atoms with Crippen LogP contribution in [0.25, 0.3) is 0 Å². The van der Waals surface area contributed by atoms with Gasteiger partial charge in [0.2, 0.25) is 0 Å². The Morgan fingerprint density at radius 3 is 1.80 bits per heavy atom. The van der Waals surface area contributed by atoms with Crippen LogP contribution in [0.2, 0.25) is 0 Å². The van der Waals surface area contributed by atoms with E-state index in [1.807, 2.05) is 6.92 Å². The first-order chi connectivity index (χ1) is 3.91. The summed E-state index contributed by atoms with van der Waals surface area (Å²) in [7, 11) is 0. The van der Waals surface area contributed by atoms with Crippen molar-refractivity contribution in [1.82, 2.24) is 0 Å². The Kier molecular flexibility index (Phi) is 28.8. The zero-order valence-corrected chi connectivity index (χ0v) is 9.46. The second kappa shape index (κ2) is 16.6. The molecule has 0 aliphatic carbocycles. The largest absolute Gasteiger partial charge is 2.00 e. The quantitative estimate of drug-likeness (QED) is 0.457. The Hall–Kier alpha value is 1.17. The van der Waals surface area contributed by atoms with Crippen LogP contribution in [0.15, 0.2) is 0 Å². The van der Waals surface area contributed by atoms with Crippen LogP contribution in [-0.4, -0.2) is 36.3 Å². The summed E-state index contributed by atoms with van der Waals surface area (Å²) in [6.45, 7) is 8.31. The Balaban J connectivity index is -0.0000000900. The molecule has 0 atom stereocenters. The molecule has 0 aromatic heterocycles. The first-order valence-electron chi connectivity index (χ1n) is 2.76. The van der Waals surface area contributed by atoms with Gasteiger partial charge in [0.25, 0.3) is 0 Å². The van der Waals surface area contributed by atoms with Crippen LogP contribution in [0.3, 0.4) is 0 Å². The van der Waals surface area contributed by atoms with Crippen LogP contribution in [0.5, 0.6) is 0 Å². The third-order valence-electron chi connectivity index (χ3n) is 0.455. The van der Waals surface area contributed by atoms with Crippen molar-refractivity contribution >= 4 is 40.0 Å². The van der Waals surface area contributed by atoms with E-state index in [0.717, 1.165) is 19.6 Å². The number of ether oxygens (including phenoxy) is 2. The first-order valence-corrected chi connectivity index (χ1v) is 2.76. The van der Waals surface area contributed by atoms with Crippen molar-refractivity contribution < 1.29 is 9.47 Å². The minimum Gasteiger partial charge on any atom is -0.523 e. The summed E-state index contributed by atoms with van der Waals surface area (Å²) in [5, 5.41) is 0. The van der Waals surface area contributed by atoms with Crippen LogP contribution in [0, 0.1) is 13.7 Å². The third kappa shape index (κ3) is 16.1. The maximum Gasteiger partial charge on any atom is 2.00 e. The Morgan fingerprint density at radius 1 is 1.40 bits per heavy atom. The van der Waals surface area contributed by atoms with Crippen LogP contribution in [0.1, 0.15) is 13.3 Å². The van der Waals surface area contributed by atoms with E-state index in [0.29, 0.717) is 0 Å². The average Bonchev–Trinajstić information content (AvgIpc) is 2.17. The molecule has 1 saturated heterocycles. The number of hydrogen-bond acceptors (Lipinski definition) is 2. The van der Waals surface area contributed by atoms with Gasteiger partial charge in [-0.2, -0.15) is 6.42 Å². The maximum atomic E-state index is 4.60. The fourth-order valence-corrected chi connectivity index (χ4v) is 0.241. The maximum absolute atomic E-state index is 4.60. The van der Waals surface area contributed by atoms with Gasteiger partial charge in [-0.25, -0.2) is 0 Å². The normalized spacial score (nSPS) is 13.8. The van der Waals surface area contributed by atoms with Gasteiger partial charge >= 0.3 is 23.1 Å². The van der Waals surface area contributed by atoms with Gasteiger partial charge in [0.05, 0.1) is 0 Å². The molecule has 1 aliphatic heterocycles. The summed E-state index contributed by atoms with van der Waals surface area (Å²) in [6.07, 6.45) is 1.00. The van der Waals surface area contributed by atoms with E-state index in [4.69, 9.17) is 0 Å². The van der Waals surface area contributed by atoms with E-state index in [9.17, 15) is 0 Å². The molecule has 0 amide bonds. The summed E-state index contributed by atoms with van der Waals surface area (Å²) in [4.78, 5) is 0. The molecule has 4 heteroatoms. The van der Waals surface area contributed by atoms with E-state index in [1.165, 1.54) is 6.79 Å². The predicted molar refractivity (Wildman–Crippen MR) is 47.9 cm³/mol. The van der Waals surface area contributed by atoms with E-state index < -0.39 is 0 Å². The van der Waals surface area contributed by atoms with Crippen molar-refractivity contribution in [2.45, 2.75) is 13.3 Å². The monoisotopic (exact) mass is 220 g/mol. The first kappa shape index (κ1) is 17.3. The Morgan fingerprint density at radius 2 is 1.70 bits per heavy atom. The van der Waals surface area contributed by atoms with Gasteiger partial charge in [0.1, 0.15) is 0 Å². The van der Waals surface area contributed by atoms with Gasteiger partial charge in [-0.15, -0.1) is 17.0 Å². The molecule has 1 heterocycles. The zero-order valence-electron chi connectivity index (χ0n) is 6.34. The van der Waals surface area contributed by atoms with Gasteiger partial charge in [0.15, 0.2) is 0 Å². The second-order valence-electron chi connectivity index (χ2n) is 1.34. The van der Waals surface area contributed by atoms with E-state index in [1.54, 1.807) is 0 Å². The van der Waals surface area contributed by atoms with Crippen LogP contribution >= 0.6 is 17.0 Å². The molecule has 0 unspecified atom stereocenters. The summed E-state index contributed by atoms with van der Waals surface area (Å²) in [6, 6.07) is 0. The van der Waals surface area contributed by atoms with Gasteiger partial charge in [-0.3, -0.25) is 0 Å². The molecule has 0 aromatic rings. The zero-order chi connectivity index (χ0) is 6.24. The smallest absolute Gasteiger partial charge is 0.523 e. The fourth-order valence-electron chi connectivity index (χ4n) is 0.241. The Labute approximate surface area is 89.6 Å². The molecule has 10 heavy (non-hydrogen) atoms. The molecule has 1 aliphatic rings. The standard InChI is InChI=1S/C3H5O2.C3H7.BrH.Mg/c1-2-5-3-4-1;1-3-2;;/h3H,1-2H2;1,3H2,2H3;1H;/q2*-1;;+2. The Bertz CT molecular complexity index is 35.1. The van der Waals surface area contributed by atoms with E-state index in [-0.39, 0.29) is 40.0 Å². The number of rotatable bonds is 0. The van der Waals surface area contributed by atoms with Gasteiger partial charge in [0, 0.05) is 13.2 Å². The van der Waals surface area contributed by atoms with Crippen molar-refractivity contribution in [2.75, 3.05) is 13.2 Å². The van der Waals surface area contributed by atoms with E-state index in [2.05, 4.69) is 16.4 Å². The summed E-state index contributed by atoms with van der Waals surface area (Å²) in [5.41, 5.74) is 0. The minimum atomic E-state index is 0. The predicted octanol–water partition coefficient (Wildman–Crippen LogP) is 1.58. The van der Waals surface area contributed by atoms with Crippen molar-refractivity contribution in [3.63, 3.8) is 0 Å². The fraction of sp³-hybridized carbons (Fsp3) is 0.667. The van der Waals surface area contributed by atoms with Crippen molar-refractivity contribution in [1.29, 1.82) is 0 Å². The van der Waals surface area contributed by atoms with Crippen LogP contribution in [-0.2, 0) is 9.47 Å². The molecule has 2 nitrogen and oxygen atoms in total. The molecule has 1 fully saturated rings.